The molecule has 8 heteroatoms. The summed E-state index contributed by atoms with van der Waals surface area (Å²) in [4.78, 5) is 14.8. The highest BCUT2D eigenvalue weighted by atomic mass is 32.2. The summed E-state index contributed by atoms with van der Waals surface area (Å²) in [6, 6.07) is 15.0. The number of aliphatic hydroxyl groups is 1. The highest BCUT2D eigenvalue weighted by Gasteiger charge is 2.51. The van der Waals surface area contributed by atoms with E-state index in [1.54, 1.807) is 24.3 Å². The molecule has 0 spiro atoms. The second-order valence-corrected chi connectivity index (χ2v) is 9.33. The standard InChI is InChI=1S/C27H30N2O5S/c1-4-13-34-23-12-7-18(14-24(23)33-6-3)21-15-25(30)29-26(22(21)16-28)35-17-27(29,31)19-8-10-20(11-9-19)32-5-2/h7-12,14,21,31H,4-6,13,15,17H2,1-3H3/t21-,27+/m0/s1. The first-order chi connectivity index (χ1) is 17.0. The maximum Gasteiger partial charge on any atom is 0.231 e. The molecule has 1 fully saturated rings. The van der Waals surface area contributed by atoms with Crippen LogP contribution in [0.15, 0.2) is 53.1 Å². The molecule has 1 N–H and O–H groups in total. The van der Waals surface area contributed by atoms with Gasteiger partial charge in [-0.25, -0.2) is 0 Å². The zero-order valence-electron chi connectivity index (χ0n) is 20.2. The summed E-state index contributed by atoms with van der Waals surface area (Å²) in [5.41, 5.74) is 0.347. The van der Waals surface area contributed by atoms with Crippen LogP contribution >= 0.6 is 11.8 Å². The molecule has 1 amide bonds. The second kappa shape index (κ2) is 10.6. The first-order valence-electron chi connectivity index (χ1n) is 11.9. The third-order valence-electron chi connectivity index (χ3n) is 6.07. The number of benzene rings is 2. The number of rotatable bonds is 9. The van der Waals surface area contributed by atoms with Gasteiger partial charge in [-0.2, -0.15) is 5.26 Å². The van der Waals surface area contributed by atoms with Crippen LogP contribution in [0.4, 0.5) is 0 Å². The van der Waals surface area contributed by atoms with Crippen LogP contribution in [0, 0.1) is 11.3 Å². The Kier molecular flexibility index (Phi) is 7.58. The normalized spacial score (nSPS) is 21.5. The Bertz CT molecular complexity index is 1160. The highest BCUT2D eigenvalue weighted by molar-refractivity contribution is 8.03. The molecule has 0 aromatic heterocycles. The smallest absolute Gasteiger partial charge is 0.231 e. The van der Waals surface area contributed by atoms with Crippen molar-refractivity contribution in [3.05, 3.63) is 64.2 Å². The van der Waals surface area contributed by atoms with Crippen molar-refractivity contribution in [2.45, 2.75) is 45.3 Å². The van der Waals surface area contributed by atoms with Crippen molar-refractivity contribution < 1.29 is 24.1 Å². The van der Waals surface area contributed by atoms with Crippen LogP contribution in [0.1, 0.15) is 50.7 Å². The summed E-state index contributed by atoms with van der Waals surface area (Å²) in [5.74, 6) is 1.53. The SMILES string of the molecule is CCCOc1ccc([C@@H]2CC(=O)N3C(=C2C#N)SC[C@@]3(O)c2ccc(OCC)cc2)cc1OCC. The molecule has 2 aliphatic rings. The number of thioether (sulfide) groups is 1. The molecule has 7 nitrogen and oxygen atoms in total. The average Bonchev–Trinajstić information content (AvgIpc) is 3.23. The molecule has 2 heterocycles. The van der Waals surface area contributed by atoms with E-state index in [9.17, 15) is 15.2 Å². The molecule has 2 aliphatic heterocycles. The van der Waals surface area contributed by atoms with E-state index >= 15 is 0 Å². The predicted molar refractivity (Wildman–Crippen MR) is 134 cm³/mol. The number of ether oxygens (including phenoxy) is 3. The highest BCUT2D eigenvalue weighted by Crippen LogP contribution is 2.52. The van der Waals surface area contributed by atoms with Crippen LogP contribution in [-0.2, 0) is 10.5 Å². The number of carbonyl (C=O) groups excluding carboxylic acids is 1. The molecule has 2 atom stereocenters. The lowest BCUT2D eigenvalue weighted by Crippen LogP contribution is -2.48. The van der Waals surface area contributed by atoms with Crippen molar-refractivity contribution in [3.8, 4) is 23.3 Å². The molecule has 0 radical (unpaired) electrons. The minimum Gasteiger partial charge on any atom is -0.494 e. The molecular weight excluding hydrogens is 464 g/mol. The summed E-state index contributed by atoms with van der Waals surface area (Å²) in [6.45, 7) is 7.43. The number of carbonyl (C=O) groups is 1. The minimum atomic E-state index is -1.52. The van der Waals surface area contributed by atoms with Crippen LogP contribution in [0.25, 0.3) is 0 Å². The molecule has 0 bridgehead atoms. The molecule has 2 aromatic rings. The van der Waals surface area contributed by atoms with Crippen molar-refractivity contribution >= 4 is 17.7 Å². The first kappa shape index (κ1) is 25.0. The number of hydrogen-bond acceptors (Lipinski definition) is 7. The van der Waals surface area contributed by atoms with Gasteiger partial charge >= 0.3 is 0 Å². The number of hydrogen-bond donors (Lipinski definition) is 1. The third-order valence-corrected chi connectivity index (χ3v) is 7.29. The molecule has 2 aromatic carbocycles. The molecule has 0 aliphatic carbocycles. The van der Waals surface area contributed by atoms with Crippen LogP contribution < -0.4 is 14.2 Å². The fourth-order valence-electron chi connectivity index (χ4n) is 4.45. The van der Waals surface area contributed by atoms with Gasteiger partial charge in [0, 0.05) is 17.9 Å². The number of nitriles is 1. The lowest BCUT2D eigenvalue weighted by atomic mass is 9.85. The average molecular weight is 495 g/mol. The molecule has 0 saturated carbocycles. The Morgan fingerprint density at radius 2 is 1.83 bits per heavy atom. The maximum atomic E-state index is 13.4. The van der Waals surface area contributed by atoms with E-state index in [2.05, 4.69) is 6.07 Å². The first-order valence-corrected chi connectivity index (χ1v) is 12.9. The van der Waals surface area contributed by atoms with Crippen LogP contribution in [0.5, 0.6) is 17.2 Å². The van der Waals surface area contributed by atoms with E-state index in [0.717, 1.165) is 12.0 Å². The van der Waals surface area contributed by atoms with Gasteiger partial charge in [0.25, 0.3) is 0 Å². The molecule has 1 saturated heterocycles. The Labute approximate surface area is 210 Å². The van der Waals surface area contributed by atoms with Crippen molar-refractivity contribution in [1.29, 1.82) is 5.26 Å². The van der Waals surface area contributed by atoms with E-state index in [1.165, 1.54) is 16.7 Å². The summed E-state index contributed by atoms with van der Waals surface area (Å²) in [5, 5.41) is 22.2. The summed E-state index contributed by atoms with van der Waals surface area (Å²) >= 11 is 1.33. The van der Waals surface area contributed by atoms with E-state index in [0.29, 0.717) is 53.2 Å². The van der Waals surface area contributed by atoms with Gasteiger partial charge in [0.15, 0.2) is 17.2 Å². The van der Waals surface area contributed by atoms with Gasteiger partial charge in [0.1, 0.15) is 5.75 Å². The molecule has 0 unspecified atom stereocenters. The number of fused-ring (bicyclic) bond motifs is 1. The number of amides is 1. The summed E-state index contributed by atoms with van der Waals surface area (Å²) in [7, 11) is 0. The van der Waals surface area contributed by atoms with Gasteiger partial charge in [-0.1, -0.05) is 25.1 Å². The lowest BCUT2D eigenvalue weighted by Gasteiger charge is -2.38. The third kappa shape index (κ3) is 4.71. The molecule has 35 heavy (non-hydrogen) atoms. The molecular formula is C27H30N2O5S. The Morgan fingerprint density at radius 1 is 1.09 bits per heavy atom. The summed E-state index contributed by atoms with van der Waals surface area (Å²) < 4.78 is 17.1. The second-order valence-electron chi connectivity index (χ2n) is 8.37. The number of allylic oxidation sites excluding steroid dienone is 1. The van der Waals surface area contributed by atoms with E-state index in [4.69, 9.17) is 14.2 Å². The molecule has 184 valence electrons. The van der Waals surface area contributed by atoms with Crippen molar-refractivity contribution in [2.24, 2.45) is 0 Å². The predicted octanol–water partition coefficient (Wildman–Crippen LogP) is 4.92. The quantitative estimate of drug-likeness (QED) is 0.529. The monoisotopic (exact) mass is 494 g/mol. The summed E-state index contributed by atoms with van der Waals surface area (Å²) in [6.07, 6.45) is 0.951. The minimum absolute atomic E-state index is 0.0764. The van der Waals surface area contributed by atoms with E-state index in [1.807, 2.05) is 39.0 Å². The Balaban J connectivity index is 1.70. The Hall–Kier alpha value is -3.15. The van der Waals surface area contributed by atoms with Crippen LogP contribution in [0.2, 0.25) is 0 Å². The van der Waals surface area contributed by atoms with Crippen LogP contribution in [0.3, 0.4) is 0 Å². The van der Waals surface area contributed by atoms with E-state index in [-0.39, 0.29) is 18.1 Å². The van der Waals surface area contributed by atoms with Gasteiger partial charge in [0.2, 0.25) is 5.91 Å². The van der Waals surface area contributed by atoms with Gasteiger partial charge in [-0.3, -0.25) is 9.69 Å². The van der Waals surface area contributed by atoms with Crippen molar-refractivity contribution in [1.82, 2.24) is 4.90 Å². The van der Waals surface area contributed by atoms with Crippen molar-refractivity contribution in [3.63, 3.8) is 0 Å². The number of nitrogens with zero attached hydrogens (tertiary/aromatic N) is 2. The van der Waals surface area contributed by atoms with Gasteiger partial charge < -0.3 is 19.3 Å². The van der Waals surface area contributed by atoms with Gasteiger partial charge in [-0.15, -0.1) is 11.8 Å². The topological polar surface area (TPSA) is 92.0 Å². The fourth-order valence-corrected chi connectivity index (χ4v) is 5.81. The van der Waals surface area contributed by atoms with Crippen molar-refractivity contribution in [2.75, 3.05) is 25.6 Å². The zero-order chi connectivity index (χ0) is 25.0. The van der Waals surface area contributed by atoms with Crippen LogP contribution in [-0.4, -0.2) is 41.5 Å². The van der Waals surface area contributed by atoms with E-state index < -0.39 is 11.6 Å². The van der Waals surface area contributed by atoms with Gasteiger partial charge in [0.05, 0.1) is 42.2 Å². The molecule has 4 rings (SSSR count). The largest absolute Gasteiger partial charge is 0.494 e. The lowest BCUT2D eigenvalue weighted by molar-refractivity contribution is -0.149. The zero-order valence-corrected chi connectivity index (χ0v) is 21.1. The Morgan fingerprint density at radius 3 is 2.49 bits per heavy atom. The maximum absolute atomic E-state index is 13.4. The fraction of sp³-hybridized carbons (Fsp3) is 0.407. The van der Waals surface area contributed by atoms with Gasteiger partial charge in [-0.05, 0) is 50.1 Å².